The van der Waals surface area contributed by atoms with E-state index < -0.39 is 0 Å². The Morgan fingerprint density at radius 1 is 1.22 bits per heavy atom. The predicted molar refractivity (Wildman–Crippen MR) is 92.8 cm³/mol. The summed E-state index contributed by atoms with van der Waals surface area (Å²) in [5.41, 5.74) is 1.89. The van der Waals surface area contributed by atoms with Gasteiger partial charge >= 0.3 is 0 Å². The highest BCUT2D eigenvalue weighted by Gasteiger charge is 2.12. The maximum absolute atomic E-state index is 12.2. The number of aromatic nitrogens is 1. The number of para-hydroxylation sites is 1. The number of amides is 1. The predicted octanol–water partition coefficient (Wildman–Crippen LogP) is 4.55. The van der Waals surface area contributed by atoms with Gasteiger partial charge in [-0.15, -0.1) is 22.7 Å². The first kappa shape index (κ1) is 14.2. The van der Waals surface area contributed by atoms with Gasteiger partial charge in [0.2, 0.25) is 0 Å². The summed E-state index contributed by atoms with van der Waals surface area (Å²) >= 11 is 3.01. The van der Waals surface area contributed by atoms with E-state index in [2.05, 4.69) is 10.3 Å². The van der Waals surface area contributed by atoms with Gasteiger partial charge in [-0.25, -0.2) is 4.98 Å². The van der Waals surface area contributed by atoms with Crippen molar-refractivity contribution >= 4 is 38.8 Å². The molecular formula is C17H12N2O2S2. The highest BCUT2D eigenvalue weighted by atomic mass is 32.1. The standard InChI is InChI=1S/C17H12N2O2S2/c20-16(17-19-13-4-1-2-6-15(13)23-17)18-9-12-8-11(10-22-12)14-5-3-7-21-14/h1-8,10H,9H2,(H,18,20). The average Bonchev–Trinajstić information content (AvgIpc) is 3.31. The molecule has 0 saturated heterocycles. The number of carbonyl (C=O) groups excluding carboxylic acids is 1. The Bertz CT molecular complexity index is 921. The van der Waals surface area contributed by atoms with Crippen LogP contribution in [0.3, 0.4) is 0 Å². The van der Waals surface area contributed by atoms with Crippen LogP contribution in [0.4, 0.5) is 0 Å². The zero-order chi connectivity index (χ0) is 15.6. The summed E-state index contributed by atoms with van der Waals surface area (Å²) in [6.07, 6.45) is 1.65. The first-order chi connectivity index (χ1) is 11.3. The summed E-state index contributed by atoms with van der Waals surface area (Å²) in [7, 11) is 0. The number of hydrogen-bond acceptors (Lipinski definition) is 5. The minimum absolute atomic E-state index is 0.140. The molecule has 3 heterocycles. The number of thiophene rings is 1. The zero-order valence-electron chi connectivity index (χ0n) is 12.0. The summed E-state index contributed by atoms with van der Waals surface area (Å²) < 4.78 is 6.39. The molecule has 4 aromatic rings. The van der Waals surface area contributed by atoms with Gasteiger partial charge in [0, 0.05) is 15.8 Å². The van der Waals surface area contributed by atoms with Crippen LogP contribution in [-0.2, 0) is 6.54 Å². The number of fused-ring (bicyclic) bond motifs is 1. The van der Waals surface area contributed by atoms with E-state index in [1.807, 2.05) is 47.8 Å². The summed E-state index contributed by atoms with van der Waals surface area (Å²) in [6.45, 7) is 0.486. The number of rotatable bonds is 4. The van der Waals surface area contributed by atoms with Crippen LogP contribution < -0.4 is 5.32 Å². The molecule has 1 aromatic carbocycles. The molecule has 3 aromatic heterocycles. The van der Waals surface area contributed by atoms with Gasteiger partial charge in [-0.1, -0.05) is 12.1 Å². The van der Waals surface area contributed by atoms with Crippen molar-refractivity contribution in [2.75, 3.05) is 0 Å². The summed E-state index contributed by atoms with van der Waals surface area (Å²) in [5.74, 6) is 0.698. The number of nitrogens with one attached hydrogen (secondary N) is 1. The summed E-state index contributed by atoms with van der Waals surface area (Å²) in [4.78, 5) is 17.7. The van der Waals surface area contributed by atoms with Crippen LogP contribution in [0.1, 0.15) is 14.7 Å². The summed E-state index contributed by atoms with van der Waals surface area (Å²) in [5, 5.41) is 5.44. The van der Waals surface area contributed by atoms with E-state index in [4.69, 9.17) is 4.42 Å². The highest BCUT2D eigenvalue weighted by molar-refractivity contribution is 7.20. The number of furan rings is 1. The van der Waals surface area contributed by atoms with Crippen molar-refractivity contribution in [2.45, 2.75) is 6.54 Å². The molecule has 23 heavy (non-hydrogen) atoms. The largest absolute Gasteiger partial charge is 0.464 e. The van der Waals surface area contributed by atoms with Crippen molar-refractivity contribution in [3.8, 4) is 11.3 Å². The quantitative estimate of drug-likeness (QED) is 0.593. The van der Waals surface area contributed by atoms with Crippen molar-refractivity contribution in [1.82, 2.24) is 10.3 Å². The Balaban J connectivity index is 1.45. The molecule has 0 aliphatic rings. The van der Waals surface area contributed by atoms with E-state index in [1.165, 1.54) is 11.3 Å². The van der Waals surface area contributed by atoms with Crippen molar-refractivity contribution in [3.05, 3.63) is 64.0 Å². The van der Waals surface area contributed by atoms with Gasteiger partial charge in [-0.05, 0) is 30.3 Å². The third-order valence-corrected chi connectivity index (χ3v) is 5.34. The van der Waals surface area contributed by atoms with Crippen LogP contribution in [0.2, 0.25) is 0 Å². The number of carbonyl (C=O) groups is 1. The molecule has 1 amide bonds. The van der Waals surface area contributed by atoms with Crippen LogP contribution in [0.5, 0.6) is 0 Å². The topological polar surface area (TPSA) is 55.1 Å². The van der Waals surface area contributed by atoms with E-state index in [0.717, 1.165) is 26.4 Å². The molecule has 0 aliphatic heterocycles. The van der Waals surface area contributed by atoms with E-state index in [1.54, 1.807) is 17.6 Å². The zero-order valence-corrected chi connectivity index (χ0v) is 13.6. The molecule has 4 rings (SSSR count). The van der Waals surface area contributed by atoms with E-state index in [9.17, 15) is 4.79 Å². The van der Waals surface area contributed by atoms with Crippen LogP contribution >= 0.6 is 22.7 Å². The molecule has 6 heteroatoms. The summed E-state index contributed by atoms with van der Waals surface area (Å²) in [6, 6.07) is 13.6. The second kappa shape index (κ2) is 5.98. The first-order valence-electron chi connectivity index (χ1n) is 7.05. The molecule has 0 atom stereocenters. The van der Waals surface area contributed by atoms with Gasteiger partial charge in [0.15, 0.2) is 5.01 Å². The normalized spacial score (nSPS) is 11.0. The molecular weight excluding hydrogens is 328 g/mol. The van der Waals surface area contributed by atoms with Gasteiger partial charge in [-0.2, -0.15) is 0 Å². The van der Waals surface area contributed by atoms with Crippen molar-refractivity contribution in [3.63, 3.8) is 0 Å². The molecule has 0 fully saturated rings. The van der Waals surface area contributed by atoms with Gasteiger partial charge in [-0.3, -0.25) is 4.79 Å². The lowest BCUT2D eigenvalue weighted by Crippen LogP contribution is -2.22. The monoisotopic (exact) mass is 340 g/mol. The molecule has 4 nitrogen and oxygen atoms in total. The van der Waals surface area contributed by atoms with E-state index >= 15 is 0 Å². The van der Waals surface area contributed by atoms with Crippen molar-refractivity contribution in [1.29, 1.82) is 0 Å². The minimum atomic E-state index is -0.140. The Kier molecular flexibility index (Phi) is 3.69. The second-order valence-electron chi connectivity index (χ2n) is 4.95. The van der Waals surface area contributed by atoms with Crippen LogP contribution in [0, 0.1) is 0 Å². The number of hydrogen-bond donors (Lipinski definition) is 1. The SMILES string of the molecule is O=C(NCc1cc(-c2ccco2)cs1)c1nc2ccccc2s1. The third-order valence-electron chi connectivity index (χ3n) is 3.37. The van der Waals surface area contributed by atoms with Gasteiger partial charge in [0.25, 0.3) is 5.91 Å². The van der Waals surface area contributed by atoms with Crippen LogP contribution in [-0.4, -0.2) is 10.9 Å². The molecule has 0 aliphatic carbocycles. The minimum Gasteiger partial charge on any atom is -0.464 e. The fourth-order valence-corrected chi connectivity index (χ4v) is 3.95. The molecule has 114 valence electrons. The molecule has 1 N–H and O–H groups in total. The fourth-order valence-electron chi connectivity index (χ4n) is 2.26. The van der Waals surface area contributed by atoms with Crippen LogP contribution in [0.25, 0.3) is 21.5 Å². The van der Waals surface area contributed by atoms with E-state index in [0.29, 0.717) is 11.6 Å². The Morgan fingerprint density at radius 3 is 2.96 bits per heavy atom. The molecule has 0 saturated carbocycles. The number of benzene rings is 1. The van der Waals surface area contributed by atoms with Crippen molar-refractivity contribution < 1.29 is 9.21 Å². The lowest BCUT2D eigenvalue weighted by Gasteiger charge is -1.99. The maximum Gasteiger partial charge on any atom is 0.280 e. The Morgan fingerprint density at radius 2 is 2.13 bits per heavy atom. The molecule has 0 unspecified atom stereocenters. The first-order valence-corrected chi connectivity index (χ1v) is 8.74. The smallest absolute Gasteiger partial charge is 0.280 e. The number of nitrogens with zero attached hydrogens (tertiary/aromatic N) is 1. The lowest BCUT2D eigenvalue weighted by atomic mass is 10.2. The molecule has 0 spiro atoms. The van der Waals surface area contributed by atoms with Crippen molar-refractivity contribution in [2.24, 2.45) is 0 Å². The maximum atomic E-state index is 12.2. The van der Waals surface area contributed by atoms with Gasteiger partial charge < -0.3 is 9.73 Å². The van der Waals surface area contributed by atoms with E-state index in [-0.39, 0.29) is 5.91 Å². The third kappa shape index (κ3) is 2.91. The second-order valence-corrected chi connectivity index (χ2v) is 6.97. The Hall–Kier alpha value is -2.44. The Labute approximate surface area is 140 Å². The average molecular weight is 340 g/mol. The highest BCUT2D eigenvalue weighted by Crippen LogP contribution is 2.26. The van der Waals surface area contributed by atoms with Crippen LogP contribution in [0.15, 0.2) is 58.5 Å². The molecule has 0 radical (unpaired) electrons. The van der Waals surface area contributed by atoms with Gasteiger partial charge in [0.05, 0.1) is 23.0 Å². The number of thiazole rings is 1. The van der Waals surface area contributed by atoms with Gasteiger partial charge in [0.1, 0.15) is 5.76 Å². The molecule has 0 bridgehead atoms. The lowest BCUT2D eigenvalue weighted by molar-refractivity contribution is 0.0951. The fraction of sp³-hybridized carbons (Fsp3) is 0.0588.